The Bertz CT molecular complexity index is 1740. The van der Waals surface area contributed by atoms with Crippen molar-refractivity contribution in [3.05, 3.63) is 106 Å². The molecule has 0 spiro atoms. The zero-order chi connectivity index (χ0) is 37.0. The monoisotopic (exact) mass is 690 g/mol. The maximum Gasteiger partial charge on any atom is 0.397 e. The van der Waals surface area contributed by atoms with Crippen LogP contribution >= 0.6 is 0 Å². The van der Waals surface area contributed by atoms with Crippen LogP contribution in [-0.4, -0.2) is 48.6 Å². The number of rotatable bonds is 13. The average Bonchev–Trinajstić information content (AvgIpc) is 3.23. The van der Waals surface area contributed by atoms with E-state index in [-0.39, 0.29) is 31.0 Å². The third kappa shape index (κ3) is 12.5. The Balaban J connectivity index is 1.98. The zero-order valence-electron chi connectivity index (χ0n) is 29.9. The highest BCUT2D eigenvalue weighted by Crippen LogP contribution is 2.50. The van der Waals surface area contributed by atoms with Crippen LogP contribution in [0.4, 0.5) is 0 Å². The molecule has 0 radical (unpaired) electrons. The van der Waals surface area contributed by atoms with Crippen molar-refractivity contribution in [1.29, 1.82) is 0 Å². The van der Waals surface area contributed by atoms with Crippen LogP contribution in [0.2, 0.25) is 0 Å². The molecule has 1 saturated carbocycles. The van der Waals surface area contributed by atoms with E-state index in [4.69, 9.17) is 8.74 Å². The van der Waals surface area contributed by atoms with E-state index < -0.39 is 32.7 Å². The van der Waals surface area contributed by atoms with Gasteiger partial charge in [0.1, 0.15) is 12.1 Å². The second-order valence-electron chi connectivity index (χ2n) is 14.0. The average molecular weight is 691 g/mol. The van der Waals surface area contributed by atoms with Crippen molar-refractivity contribution >= 4 is 28.3 Å². The van der Waals surface area contributed by atoms with Crippen molar-refractivity contribution < 1.29 is 36.6 Å². The SMILES string of the molecule is CC1=C(C#C/C(=C/C=C/C(C)=C/C=C/C=C(C)/C=C/C=C(C)/C=C/C(=O)[C@]2(C)CC(=O)C[C@@]2(C)C=O)CO)C(C)(C)C[C@H](OS(=O)(=O)O)C1. The highest BCUT2D eigenvalue weighted by molar-refractivity contribution is 7.80. The lowest BCUT2D eigenvalue weighted by atomic mass is 9.66. The van der Waals surface area contributed by atoms with Crippen LogP contribution in [0.3, 0.4) is 0 Å². The van der Waals surface area contributed by atoms with Crippen molar-refractivity contribution in [3.8, 4) is 11.8 Å². The minimum Gasteiger partial charge on any atom is -0.391 e. The first-order valence-electron chi connectivity index (χ1n) is 16.2. The van der Waals surface area contributed by atoms with Crippen molar-refractivity contribution in [2.24, 2.45) is 16.2 Å². The Labute approximate surface area is 292 Å². The molecular formula is C40H50O8S. The molecule has 9 heteroatoms. The van der Waals surface area contributed by atoms with Crippen molar-refractivity contribution in [2.45, 2.75) is 87.2 Å². The molecule has 49 heavy (non-hydrogen) atoms. The van der Waals surface area contributed by atoms with Crippen LogP contribution < -0.4 is 0 Å². The number of ketones is 2. The first kappa shape index (κ1) is 41.2. The van der Waals surface area contributed by atoms with Gasteiger partial charge in [-0.2, -0.15) is 8.42 Å². The quantitative estimate of drug-likeness (QED) is 0.0670. The van der Waals surface area contributed by atoms with Crippen LogP contribution in [0.1, 0.15) is 81.1 Å². The van der Waals surface area contributed by atoms with E-state index in [2.05, 4.69) is 11.8 Å². The molecule has 1 fully saturated rings. The molecule has 0 heterocycles. The summed E-state index contributed by atoms with van der Waals surface area (Å²) in [6.07, 6.45) is 23.1. The first-order chi connectivity index (χ1) is 22.7. The summed E-state index contributed by atoms with van der Waals surface area (Å²) in [5, 5.41) is 9.82. The predicted octanol–water partition coefficient (Wildman–Crippen LogP) is 7.44. The third-order valence-corrected chi connectivity index (χ3v) is 9.55. The Morgan fingerprint density at radius 2 is 1.45 bits per heavy atom. The van der Waals surface area contributed by atoms with Gasteiger partial charge >= 0.3 is 10.4 Å². The Hall–Kier alpha value is -3.94. The highest BCUT2D eigenvalue weighted by atomic mass is 32.3. The number of carbonyl (C=O) groups is 3. The summed E-state index contributed by atoms with van der Waals surface area (Å²) < 4.78 is 36.2. The molecule has 0 unspecified atom stereocenters. The van der Waals surface area contributed by atoms with Gasteiger partial charge in [0.2, 0.25) is 0 Å². The number of Topliss-reactive ketones (excluding diaryl/α,β-unsaturated/α-hetero) is 1. The number of hydrogen-bond acceptors (Lipinski definition) is 7. The Kier molecular flexibility index (Phi) is 14.8. The van der Waals surface area contributed by atoms with E-state index in [1.165, 1.54) is 6.08 Å². The predicted molar refractivity (Wildman–Crippen MR) is 194 cm³/mol. The topological polar surface area (TPSA) is 135 Å². The van der Waals surface area contributed by atoms with Gasteiger partial charge < -0.3 is 9.90 Å². The van der Waals surface area contributed by atoms with Gasteiger partial charge in [0, 0.05) is 40.2 Å². The van der Waals surface area contributed by atoms with Crippen LogP contribution in [0.15, 0.2) is 106 Å². The lowest BCUT2D eigenvalue weighted by Crippen LogP contribution is -2.40. The fraction of sp³-hybridized carbons (Fsp3) is 0.425. The van der Waals surface area contributed by atoms with Crippen LogP contribution in [0.5, 0.6) is 0 Å². The summed E-state index contributed by atoms with van der Waals surface area (Å²) in [5.41, 5.74) is 2.66. The van der Waals surface area contributed by atoms with Gasteiger partial charge in [-0.05, 0) is 52.7 Å². The number of aliphatic hydroxyl groups is 1. The maximum atomic E-state index is 12.9. The summed E-state index contributed by atoms with van der Waals surface area (Å²) in [7, 11) is -4.54. The van der Waals surface area contributed by atoms with Gasteiger partial charge in [0.15, 0.2) is 5.78 Å². The standard InChI is InChI=1S/C40H50O8S/c1-29(15-11-16-31(3)19-22-37(44)40(8)25-34(43)24-39(40,7)28-42)13-9-10-14-30(2)17-12-18-33(27-41)20-21-36-32(4)23-35(26-38(36,5)6)48-49(45,46)47/h9-19,22,28,35,41H,23-27H2,1-8H3,(H,45,46,47)/b10-9+,15-11+,17-12+,22-19+,29-13+,30-14+,31-16+,33-18-/t35-,39+,40+/m1/s1. The molecule has 8 nitrogen and oxygen atoms in total. The number of carbonyl (C=O) groups excluding carboxylic acids is 3. The van der Waals surface area contributed by atoms with E-state index in [0.29, 0.717) is 18.4 Å². The molecule has 0 aromatic heterocycles. The number of hydrogen-bond donors (Lipinski definition) is 2. The summed E-state index contributed by atoms with van der Waals surface area (Å²) in [6.45, 7) is 14.7. The molecule has 0 aromatic carbocycles. The summed E-state index contributed by atoms with van der Waals surface area (Å²) in [6, 6.07) is 0. The van der Waals surface area contributed by atoms with Gasteiger partial charge in [-0.25, -0.2) is 4.18 Å². The highest BCUT2D eigenvalue weighted by Gasteiger charge is 2.56. The fourth-order valence-corrected chi connectivity index (χ4v) is 6.48. The molecule has 0 aliphatic heterocycles. The maximum absolute atomic E-state index is 12.9. The second-order valence-corrected chi connectivity index (χ2v) is 15.0. The lowest BCUT2D eigenvalue weighted by molar-refractivity contribution is -0.134. The molecule has 2 aliphatic rings. The van der Waals surface area contributed by atoms with Crippen LogP contribution in [-0.2, 0) is 29.0 Å². The first-order valence-corrected chi connectivity index (χ1v) is 17.5. The molecule has 2 N–H and O–H groups in total. The van der Waals surface area contributed by atoms with Gasteiger partial charge in [-0.1, -0.05) is 123 Å². The van der Waals surface area contributed by atoms with Gasteiger partial charge in [-0.3, -0.25) is 14.1 Å². The van der Waals surface area contributed by atoms with E-state index >= 15 is 0 Å². The minimum atomic E-state index is -4.54. The Morgan fingerprint density at radius 3 is 1.98 bits per heavy atom. The summed E-state index contributed by atoms with van der Waals surface area (Å²) in [5.74, 6) is 5.90. The molecule has 0 saturated heterocycles. The molecular weight excluding hydrogens is 640 g/mol. The lowest BCUT2D eigenvalue weighted by Gasteiger charge is -2.35. The largest absolute Gasteiger partial charge is 0.397 e. The molecule has 264 valence electrons. The van der Waals surface area contributed by atoms with Gasteiger partial charge in [-0.15, -0.1) is 0 Å². The van der Waals surface area contributed by atoms with E-state index in [0.717, 1.165) is 34.2 Å². The molecule has 0 bridgehead atoms. The summed E-state index contributed by atoms with van der Waals surface area (Å²) in [4.78, 5) is 36.6. The molecule has 3 atom stereocenters. The van der Waals surface area contributed by atoms with E-state index in [1.807, 2.05) is 96.2 Å². The normalized spacial score (nSPS) is 26.0. The molecule has 2 aliphatic carbocycles. The zero-order valence-corrected chi connectivity index (χ0v) is 30.7. The van der Waals surface area contributed by atoms with Crippen molar-refractivity contribution in [1.82, 2.24) is 0 Å². The van der Waals surface area contributed by atoms with Gasteiger partial charge in [0.25, 0.3) is 0 Å². The van der Waals surface area contributed by atoms with Gasteiger partial charge in [0.05, 0.1) is 12.7 Å². The molecule has 0 aromatic rings. The van der Waals surface area contributed by atoms with Crippen molar-refractivity contribution in [3.63, 3.8) is 0 Å². The molecule has 0 amide bonds. The van der Waals surface area contributed by atoms with Crippen LogP contribution in [0, 0.1) is 28.1 Å². The fourth-order valence-electron chi connectivity index (χ4n) is 6.00. The van der Waals surface area contributed by atoms with Crippen LogP contribution in [0.25, 0.3) is 0 Å². The van der Waals surface area contributed by atoms with Crippen molar-refractivity contribution in [2.75, 3.05) is 6.61 Å². The second kappa shape index (κ2) is 17.6. The third-order valence-electron chi connectivity index (χ3n) is 9.03. The number of allylic oxidation sites excluding steroid dienone is 16. The van der Waals surface area contributed by atoms with E-state index in [1.54, 1.807) is 26.0 Å². The Morgan fingerprint density at radius 1 is 0.898 bits per heavy atom. The number of aliphatic hydroxyl groups excluding tert-OH is 1. The molecule has 2 rings (SSSR count). The van der Waals surface area contributed by atoms with E-state index in [9.17, 15) is 27.9 Å². The summed E-state index contributed by atoms with van der Waals surface area (Å²) >= 11 is 0. The number of aldehydes is 1. The smallest absolute Gasteiger partial charge is 0.391 e. The minimum absolute atomic E-state index is 0.0658.